The summed E-state index contributed by atoms with van der Waals surface area (Å²) in [5, 5.41) is 8.55. The van der Waals surface area contributed by atoms with E-state index in [0.717, 1.165) is 4.90 Å². The molecule has 0 atom stereocenters. The molecular weight excluding hydrogens is 253 g/mol. The summed E-state index contributed by atoms with van der Waals surface area (Å²) in [7, 11) is 0. The molecule has 0 saturated carbocycles. The van der Waals surface area contributed by atoms with Crippen molar-refractivity contribution < 1.29 is 23.9 Å². The van der Waals surface area contributed by atoms with Gasteiger partial charge < -0.3 is 5.11 Å². The predicted molar refractivity (Wildman–Crippen MR) is 64.8 cm³/mol. The third-order valence-corrected chi connectivity index (χ3v) is 2.47. The Bertz CT molecular complexity index is 501. The quantitative estimate of drug-likeness (QED) is 0.870. The number of hydrogen-bond donors (Lipinski definition) is 1. The van der Waals surface area contributed by atoms with E-state index in [-0.39, 0.29) is 19.4 Å². The van der Waals surface area contributed by atoms with Crippen LogP contribution in [0.5, 0.6) is 0 Å². The first-order chi connectivity index (χ1) is 8.90. The van der Waals surface area contributed by atoms with Crippen LogP contribution in [0, 0.1) is 5.82 Å². The molecule has 1 aromatic carbocycles. The fraction of sp³-hybridized carbons (Fsp3) is 0.308. The van der Waals surface area contributed by atoms with Gasteiger partial charge in [0.1, 0.15) is 5.82 Å². The Morgan fingerprint density at radius 1 is 1.32 bits per heavy atom. The van der Waals surface area contributed by atoms with Crippen LogP contribution in [-0.4, -0.2) is 34.3 Å². The van der Waals surface area contributed by atoms with Crippen molar-refractivity contribution in [3.05, 3.63) is 35.6 Å². The molecule has 1 rings (SSSR count). The number of amides is 2. The van der Waals surface area contributed by atoms with Gasteiger partial charge in [0, 0.05) is 13.5 Å². The van der Waals surface area contributed by atoms with E-state index in [9.17, 15) is 18.8 Å². The molecule has 0 bridgehead atoms. The second-order valence-electron chi connectivity index (χ2n) is 4.01. The maximum Gasteiger partial charge on any atom is 0.305 e. The minimum Gasteiger partial charge on any atom is -0.481 e. The highest BCUT2D eigenvalue weighted by atomic mass is 19.1. The van der Waals surface area contributed by atoms with Crippen LogP contribution < -0.4 is 0 Å². The monoisotopic (exact) mass is 267 g/mol. The van der Waals surface area contributed by atoms with E-state index in [0.29, 0.717) is 5.56 Å². The van der Waals surface area contributed by atoms with E-state index in [1.807, 2.05) is 0 Å². The van der Waals surface area contributed by atoms with E-state index < -0.39 is 23.6 Å². The molecule has 5 nitrogen and oxygen atoms in total. The van der Waals surface area contributed by atoms with Crippen LogP contribution in [-0.2, 0) is 20.8 Å². The summed E-state index contributed by atoms with van der Waals surface area (Å²) in [5.41, 5.74) is 0.437. The Balaban J connectivity index is 2.72. The molecule has 0 saturated heterocycles. The van der Waals surface area contributed by atoms with Crippen molar-refractivity contribution in [2.75, 3.05) is 6.54 Å². The molecule has 0 aliphatic rings. The molecule has 2 amide bonds. The van der Waals surface area contributed by atoms with Crippen molar-refractivity contribution in [3.63, 3.8) is 0 Å². The SMILES string of the molecule is CC(=O)N(CCC(=O)O)C(=O)Cc1cccc(F)c1. The Labute approximate surface area is 109 Å². The molecule has 0 fully saturated rings. The van der Waals surface area contributed by atoms with Crippen LogP contribution in [0.3, 0.4) is 0 Å². The van der Waals surface area contributed by atoms with E-state index >= 15 is 0 Å². The molecule has 0 aliphatic heterocycles. The van der Waals surface area contributed by atoms with Gasteiger partial charge in [0.15, 0.2) is 0 Å². The zero-order chi connectivity index (χ0) is 14.4. The summed E-state index contributed by atoms with van der Waals surface area (Å²) < 4.78 is 13.0. The first kappa shape index (κ1) is 14.8. The van der Waals surface area contributed by atoms with Crippen LogP contribution >= 0.6 is 0 Å². The smallest absolute Gasteiger partial charge is 0.305 e. The minimum atomic E-state index is -1.09. The van der Waals surface area contributed by atoms with Crippen molar-refractivity contribution in [3.8, 4) is 0 Å². The standard InChI is InChI=1S/C13H14FNO4/c1-9(16)15(6-5-13(18)19)12(17)8-10-3-2-4-11(14)7-10/h2-4,7H,5-6,8H2,1H3,(H,18,19). The molecule has 6 heteroatoms. The van der Waals surface area contributed by atoms with Gasteiger partial charge in [-0.2, -0.15) is 0 Å². The van der Waals surface area contributed by atoms with Crippen LogP contribution in [0.2, 0.25) is 0 Å². The lowest BCUT2D eigenvalue weighted by molar-refractivity contribution is -0.144. The number of carbonyl (C=O) groups excluding carboxylic acids is 2. The summed E-state index contributed by atoms with van der Waals surface area (Å²) in [6, 6.07) is 5.48. The Hall–Kier alpha value is -2.24. The largest absolute Gasteiger partial charge is 0.481 e. The highest BCUT2D eigenvalue weighted by molar-refractivity contribution is 5.95. The first-order valence-electron chi connectivity index (χ1n) is 5.67. The minimum absolute atomic E-state index is 0.142. The van der Waals surface area contributed by atoms with Gasteiger partial charge in [-0.25, -0.2) is 4.39 Å². The lowest BCUT2D eigenvalue weighted by Gasteiger charge is -2.18. The molecule has 0 heterocycles. The summed E-state index contributed by atoms with van der Waals surface area (Å²) in [6.45, 7) is 1.00. The molecule has 0 radical (unpaired) electrons. The predicted octanol–water partition coefficient (Wildman–Crippen LogP) is 1.22. The molecule has 19 heavy (non-hydrogen) atoms. The van der Waals surface area contributed by atoms with Gasteiger partial charge in [0.25, 0.3) is 0 Å². The highest BCUT2D eigenvalue weighted by Crippen LogP contribution is 2.07. The van der Waals surface area contributed by atoms with E-state index in [1.165, 1.54) is 25.1 Å². The lowest BCUT2D eigenvalue weighted by atomic mass is 10.1. The molecule has 0 aromatic heterocycles. The number of aliphatic carboxylic acids is 1. The zero-order valence-corrected chi connectivity index (χ0v) is 10.4. The van der Waals surface area contributed by atoms with Crippen LogP contribution in [0.15, 0.2) is 24.3 Å². The molecule has 1 aromatic rings. The average molecular weight is 267 g/mol. The molecule has 102 valence electrons. The van der Waals surface area contributed by atoms with Crippen molar-refractivity contribution in [2.24, 2.45) is 0 Å². The maximum absolute atomic E-state index is 13.0. The number of imide groups is 1. The topological polar surface area (TPSA) is 74.7 Å². The third kappa shape index (κ3) is 4.87. The van der Waals surface area contributed by atoms with Gasteiger partial charge in [0.05, 0.1) is 12.8 Å². The molecule has 1 N–H and O–H groups in total. The maximum atomic E-state index is 13.0. The number of nitrogens with zero attached hydrogens (tertiary/aromatic N) is 1. The van der Waals surface area contributed by atoms with E-state index in [4.69, 9.17) is 5.11 Å². The zero-order valence-electron chi connectivity index (χ0n) is 10.4. The first-order valence-corrected chi connectivity index (χ1v) is 5.67. The Morgan fingerprint density at radius 3 is 2.53 bits per heavy atom. The van der Waals surface area contributed by atoms with E-state index in [2.05, 4.69) is 0 Å². The van der Waals surface area contributed by atoms with Crippen LogP contribution in [0.1, 0.15) is 18.9 Å². The van der Waals surface area contributed by atoms with Crippen LogP contribution in [0.25, 0.3) is 0 Å². The van der Waals surface area contributed by atoms with Crippen molar-refractivity contribution >= 4 is 17.8 Å². The van der Waals surface area contributed by atoms with Gasteiger partial charge in [0.2, 0.25) is 11.8 Å². The van der Waals surface area contributed by atoms with Gasteiger partial charge >= 0.3 is 5.97 Å². The van der Waals surface area contributed by atoms with Gasteiger partial charge in [-0.3, -0.25) is 19.3 Å². The Morgan fingerprint density at radius 2 is 2.00 bits per heavy atom. The fourth-order valence-corrected chi connectivity index (χ4v) is 1.58. The summed E-state index contributed by atoms with van der Waals surface area (Å²) in [6.07, 6.45) is -0.453. The normalized spacial score (nSPS) is 10.0. The van der Waals surface area contributed by atoms with E-state index in [1.54, 1.807) is 6.07 Å². The summed E-state index contributed by atoms with van der Waals surface area (Å²) >= 11 is 0. The van der Waals surface area contributed by atoms with Crippen LogP contribution in [0.4, 0.5) is 4.39 Å². The molecule has 0 aliphatic carbocycles. The second-order valence-corrected chi connectivity index (χ2v) is 4.01. The van der Waals surface area contributed by atoms with Gasteiger partial charge in [-0.05, 0) is 17.7 Å². The number of halogens is 1. The summed E-state index contributed by atoms with van der Waals surface area (Å²) in [5.74, 6) is -2.63. The molecule has 0 spiro atoms. The fourth-order valence-electron chi connectivity index (χ4n) is 1.58. The number of hydrogen-bond acceptors (Lipinski definition) is 3. The lowest BCUT2D eigenvalue weighted by Crippen LogP contribution is -2.37. The number of carbonyl (C=O) groups is 3. The van der Waals surface area contributed by atoms with Crippen molar-refractivity contribution in [2.45, 2.75) is 19.8 Å². The number of rotatable bonds is 5. The molecular formula is C13H14FNO4. The van der Waals surface area contributed by atoms with Gasteiger partial charge in [-0.1, -0.05) is 12.1 Å². The van der Waals surface area contributed by atoms with Crippen molar-refractivity contribution in [1.82, 2.24) is 4.90 Å². The summed E-state index contributed by atoms with van der Waals surface area (Å²) in [4.78, 5) is 34.5. The molecule has 0 unspecified atom stereocenters. The average Bonchev–Trinajstić information content (AvgIpc) is 2.28. The Kier molecular flexibility index (Phi) is 5.17. The highest BCUT2D eigenvalue weighted by Gasteiger charge is 2.19. The van der Waals surface area contributed by atoms with Crippen molar-refractivity contribution in [1.29, 1.82) is 0 Å². The number of carboxylic acid groups (broad SMARTS) is 1. The van der Waals surface area contributed by atoms with Gasteiger partial charge in [-0.15, -0.1) is 0 Å². The second kappa shape index (κ2) is 6.63. The third-order valence-electron chi connectivity index (χ3n) is 2.47. The number of carboxylic acids is 1. The number of benzene rings is 1.